The second-order valence-corrected chi connectivity index (χ2v) is 17.6. The Morgan fingerprint density at radius 3 is 1.63 bits per heavy atom. The van der Waals surface area contributed by atoms with Crippen molar-refractivity contribution in [3.05, 3.63) is 71.8 Å². The van der Waals surface area contributed by atoms with Crippen LogP contribution in [0.2, 0.25) is 0 Å². The van der Waals surface area contributed by atoms with Crippen LogP contribution in [0.4, 0.5) is 0 Å². The minimum atomic E-state index is -1.08. The Kier molecular flexibility index (Phi) is 28.6. The highest BCUT2D eigenvalue weighted by molar-refractivity contribution is 14.1. The van der Waals surface area contributed by atoms with Gasteiger partial charge in [-0.1, -0.05) is 199 Å². The van der Waals surface area contributed by atoms with Crippen LogP contribution in [0, 0.1) is 0 Å². The molecule has 1 unspecified atom stereocenters. The lowest BCUT2D eigenvalue weighted by Gasteiger charge is -2.39. The van der Waals surface area contributed by atoms with Crippen LogP contribution < -0.4 is 5.32 Å². The summed E-state index contributed by atoms with van der Waals surface area (Å²) in [6, 6.07) is 20.4. The fraction of sp³-hybridized carbons (Fsp3) is 0.700. The van der Waals surface area contributed by atoms with E-state index in [0.717, 1.165) is 89.9 Å². The third-order valence-corrected chi connectivity index (χ3v) is 12.5. The average Bonchev–Trinajstić information content (AvgIpc) is 3.25. The van der Waals surface area contributed by atoms with Gasteiger partial charge in [0.15, 0.2) is 12.2 Å². The molecule has 2 aromatic carbocycles. The molecule has 2 N–H and O–H groups in total. The number of hydrogen-bond acceptors (Lipinski definition) is 7. The van der Waals surface area contributed by atoms with E-state index in [1.54, 1.807) is 0 Å². The molecule has 0 aliphatic carbocycles. The first-order valence-electron chi connectivity index (χ1n) is 23.5. The van der Waals surface area contributed by atoms with Gasteiger partial charge in [0.25, 0.3) is 5.91 Å². The lowest BCUT2D eigenvalue weighted by Crippen LogP contribution is -2.62. The first kappa shape index (κ1) is 50.9. The van der Waals surface area contributed by atoms with Crippen LogP contribution in [0.3, 0.4) is 0 Å². The molecule has 0 aromatic heterocycles. The van der Waals surface area contributed by atoms with Gasteiger partial charge in [0.1, 0.15) is 6.10 Å². The van der Waals surface area contributed by atoms with E-state index >= 15 is 0 Å². The van der Waals surface area contributed by atoms with Gasteiger partial charge >= 0.3 is 11.9 Å². The topological polar surface area (TPSA) is 111 Å². The van der Waals surface area contributed by atoms with Crippen molar-refractivity contribution in [2.45, 2.75) is 211 Å². The lowest BCUT2D eigenvalue weighted by molar-refractivity contribution is -0.183. The number of hydrogen-bond donors (Lipinski definition) is 2. The maximum Gasteiger partial charge on any atom is 0.306 e. The standard InChI is InChI=1S/C50H78INO7/c1-2-3-4-5-6-7-8-9-16-27-36-44(58-46(53)37-28-17-12-10-14-21-30-41-32-23-19-24-33-41)50(56)52-43-40-57-45(39-51)48(55)49(43)59-47(54)38-29-18-13-11-15-22-31-42-34-25-20-26-35-42/h19-20,23-26,32-35,43-45,48-49,55H,2-18,21-22,27-31,36-40H2,1H3,(H,52,56)/t43-,44?,45+,48+,49+/m0/s1. The Labute approximate surface area is 371 Å². The summed E-state index contributed by atoms with van der Waals surface area (Å²) in [6.07, 6.45) is 23.8. The zero-order valence-corrected chi connectivity index (χ0v) is 38.6. The van der Waals surface area contributed by atoms with Crippen LogP contribution in [0.15, 0.2) is 60.7 Å². The molecular weight excluding hydrogens is 853 g/mol. The maximum absolute atomic E-state index is 13.8. The molecule has 1 amide bonds. The SMILES string of the molecule is CCCCCCCCCCCCC(OC(=O)CCCCCCCCc1ccccc1)C(=O)N[C@H]1CO[C@H](CI)[C@@H](O)[C@@H]1OC(=O)CCCCCCCCc1ccccc1. The van der Waals surface area contributed by atoms with Crippen LogP contribution in [0.25, 0.3) is 0 Å². The fourth-order valence-corrected chi connectivity index (χ4v) is 8.72. The predicted octanol–water partition coefficient (Wildman–Crippen LogP) is 11.7. The van der Waals surface area contributed by atoms with Gasteiger partial charge in [0, 0.05) is 17.3 Å². The zero-order valence-electron chi connectivity index (χ0n) is 36.4. The summed E-state index contributed by atoms with van der Waals surface area (Å²) in [5, 5.41) is 14.2. The number of aryl methyl sites for hydroxylation is 2. The average molecular weight is 932 g/mol. The third kappa shape index (κ3) is 23.3. The molecule has 0 spiro atoms. The van der Waals surface area contributed by atoms with Crippen molar-refractivity contribution in [2.24, 2.45) is 0 Å². The molecule has 5 atom stereocenters. The molecule has 1 heterocycles. The highest BCUT2D eigenvalue weighted by Gasteiger charge is 2.43. The highest BCUT2D eigenvalue weighted by Crippen LogP contribution is 2.23. The van der Waals surface area contributed by atoms with Gasteiger partial charge in [-0.05, 0) is 62.5 Å². The van der Waals surface area contributed by atoms with Crippen molar-refractivity contribution >= 4 is 40.4 Å². The van der Waals surface area contributed by atoms with E-state index in [0.29, 0.717) is 17.3 Å². The maximum atomic E-state index is 13.8. The smallest absolute Gasteiger partial charge is 0.306 e. The van der Waals surface area contributed by atoms with Crippen molar-refractivity contribution < 1.29 is 33.7 Å². The van der Waals surface area contributed by atoms with E-state index in [9.17, 15) is 19.5 Å². The van der Waals surface area contributed by atoms with Crippen LogP contribution >= 0.6 is 22.6 Å². The van der Waals surface area contributed by atoms with Crippen LogP contribution in [-0.2, 0) is 41.4 Å². The number of ether oxygens (including phenoxy) is 3. The van der Waals surface area contributed by atoms with Gasteiger partial charge in [0.05, 0.1) is 18.8 Å². The number of halogens is 1. The minimum absolute atomic E-state index is 0.0989. The van der Waals surface area contributed by atoms with E-state index in [-0.39, 0.29) is 31.4 Å². The van der Waals surface area contributed by atoms with Gasteiger partial charge in [-0.25, -0.2) is 0 Å². The lowest BCUT2D eigenvalue weighted by atomic mass is 9.98. The molecule has 1 aliphatic heterocycles. The van der Waals surface area contributed by atoms with E-state index in [1.165, 1.54) is 68.9 Å². The number of alkyl halides is 1. The number of amides is 1. The summed E-state index contributed by atoms with van der Waals surface area (Å²) in [6.45, 7) is 2.34. The van der Waals surface area contributed by atoms with E-state index in [4.69, 9.17) is 14.2 Å². The summed E-state index contributed by atoms with van der Waals surface area (Å²) in [7, 11) is 0. The predicted molar refractivity (Wildman–Crippen MR) is 248 cm³/mol. The summed E-state index contributed by atoms with van der Waals surface area (Å²) >= 11 is 2.15. The molecule has 0 saturated carbocycles. The van der Waals surface area contributed by atoms with Crippen molar-refractivity contribution in [1.82, 2.24) is 5.32 Å². The van der Waals surface area contributed by atoms with Gasteiger partial charge in [0.2, 0.25) is 0 Å². The highest BCUT2D eigenvalue weighted by atomic mass is 127. The number of benzene rings is 2. The van der Waals surface area contributed by atoms with Crippen molar-refractivity contribution in [2.75, 3.05) is 11.0 Å². The number of esters is 2. The number of carbonyl (C=O) groups excluding carboxylic acids is 3. The van der Waals surface area contributed by atoms with Gasteiger partial charge in [-0.2, -0.15) is 0 Å². The fourth-order valence-electron chi connectivity index (χ4n) is 7.95. The molecule has 1 fully saturated rings. The largest absolute Gasteiger partial charge is 0.457 e. The molecule has 1 aliphatic rings. The zero-order chi connectivity index (χ0) is 42.2. The first-order chi connectivity index (χ1) is 28.9. The summed E-state index contributed by atoms with van der Waals surface area (Å²) in [4.78, 5) is 40.0. The normalized spacial score (nSPS) is 18.3. The number of aliphatic hydroxyl groups excluding tert-OH is 1. The van der Waals surface area contributed by atoms with Crippen molar-refractivity contribution in [3.63, 3.8) is 0 Å². The van der Waals surface area contributed by atoms with E-state index < -0.39 is 36.4 Å². The molecule has 0 bridgehead atoms. The Morgan fingerprint density at radius 2 is 1.12 bits per heavy atom. The number of carbonyl (C=O) groups is 3. The Balaban J connectivity index is 1.44. The monoisotopic (exact) mass is 931 g/mol. The van der Waals surface area contributed by atoms with Crippen molar-refractivity contribution in [1.29, 1.82) is 0 Å². The Bertz CT molecular complexity index is 1360. The molecule has 3 rings (SSSR count). The molecule has 8 nitrogen and oxygen atoms in total. The molecule has 332 valence electrons. The summed E-state index contributed by atoms with van der Waals surface area (Å²) in [5.41, 5.74) is 2.75. The minimum Gasteiger partial charge on any atom is -0.457 e. The second-order valence-electron chi connectivity index (χ2n) is 16.7. The first-order valence-corrected chi connectivity index (χ1v) is 25.1. The number of rotatable bonds is 34. The number of aliphatic hydroxyl groups is 1. The molecule has 2 aromatic rings. The molecular formula is C50H78INO7. The van der Waals surface area contributed by atoms with Crippen LogP contribution in [0.1, 0.15) is 179 Å². The summed E-state index contributed by atoms with van der Waals surface area (Å²) < 4.78 is 18.2. The quantitative estimate of drug-likeness (QED) is 0.0311. The molecule has 9 heteroatoms. The van der Waals surface area contributed by atoms with Crippen molar-refractivity contribution in [3.8, 4) is 0 Å². The van der Waals surface area contributed by atoms with Crippen LogP contribution in [-0.4, -0.2) is 64.4 Å². The Morgan fingerprint density at radius 1 is 0.661 bits per heavy atom. The molecule has 59 heavy (non-hydrogen) atoms. The van der Waals surface area contributed by atoms with E-state index in [2.05, 4.69) is 83.4 Å². The van der Waals surface area contributed by atoms with Gasteiger partial charge < -0.3 is 24.6 Å². The van der Waals surface area contributed by atoms with Gasteiger partial charge in [-0.3, -0.25) is 14.4 Å². The van der Waals surface area contributed by atoms with Crippen LogP contribution in [0.5, 0.6) is 0 Å². The van der Waals surface area contributed by atoms with E-state index in [1.807, 2.05) is 12.1 Å². The van der Waals surface area contributed by atoms with Gasteiger partial charge in [-0.15, -0.1) is 0 Å². The summed E-state index contributed by atoms with van der Waals surface area (Å²) in [5.74, 6) is -1.16. The number of nitrogens with one attached hydrogen (secondary N) is 1. The molecule has 1 saturated heterocycles. The second kappa shape index (κ2) is 33.2. The molecule has 0 radical (unpaired) electrons. The number of unbranched alkanes of at least 4 members (excludes halogenated alkanes) is 19. The third-order valence-electron chi connectivity index (χ3n) is 11.6. The Hall–Kier alpha value is -2.50.